The fourth-order valence-electron chi connectivity index (χ4n) is 2.40. The van der Waals surface area contributed by atoms with Gasteiger partial charge in [0.2, 0.25) is 5.91 Å². The average Bonchev–Trinajstić information content (AvgIpc) is 2.61. The van der Waals surface area contributed by atoms with Gasteiger partial charge >= 0.3 is 0 Å². The fourth-order valence-corrected chi connectivity index (χ4v) is 2.93. The molecule has 1 amide bonds. The SMILES string of the molecule is CC(C)(COS(C)(=O)=O)CC(=O)NN=C(c1ccccc1)c1ccccc1. The minimum atomic E-state index is -3.55. The molecule has 2 rings (SSSR count). The molecule has 1 N–H and O–H groups in total. The van der Waals surface area contributed by atoms with E-state index in [4.69, 9.17) is 4.18 Å². The molecule has 2 aromatic carbocycles. The number of hydrazone groups is 1. The number of amides is 1. The Hall–Kier alpha value is -2.51. The van der Waals surface area contributed by atoms with Gasteiger partial charge in [-0.1, -0.05) is 74.5 Å². The summed E-state index contributed by atoms with van der Waals surface area (Å²) in [6.45, 7) is 3.45. The number of benzene rings is 2. The maximum atomic E-state index is 12.3. The van der Waals surface area contributed by atoms with Crippen LogP contribution in [0.25, 0.3) is 0 Å². The van der Waals surface area contributed by atoms with Gasteiger partial charge < -0.3 is 0 Å². The van der Waals surface area contributed by atoms with Gasteiger partial charge in [0.25, 0.3) is 10.1 Å². The van der Waals surface area contributed by atoms with Gasteiger partial charge in [-0.15, -0.1) is 0 Å². The van der Waals surface area contributed by atoms with Crippen LogP contribution in [0.4, 0.5) is 0 Å². The van der Waals surface area contributed by atoms with Crippen LogP contribution in [0.3, 0.4) is 0 Å². The first-order valence-electron chi connectivity index (χ1n) is 8.48. The normalized spacial score (nSPS) is 11.7. The van der Waals surface area contributed by atoms with E-state index in [1.165, 1.54) is 0 Å². The second-order valence-electron chi connectivity index (χ2n) is 7.03. The van der Waals surface area contributed by atoms with Crippen LogP contribution in [0.2, 0.25) is 0 Å². The Balaban J connectivity index is 2.13. The molecule has 7 heteroatoms. The monoisotopic (exact) mass is 388 g/mol. The van der Waals surface area contributed by atoms with Crippen LogP contribution in [-0.2, 0) is 19.1 Å². The predicted octanol–water partition coefficient (Wildman–Crippen LogP) is 2.95. The van der Waals surface area contributed by atoms with Crippen molar-refractivity contribution in [2.24, 2.45) is 10.5 Å². The lowest BCUT2D eigenvalue weighted by molar-refractivity contribution is -0.123. The van der Waals surface area contributed by atoms with Gasteiger partial charge in [0.1, 0.15) is 0 Å². The molecule has 27 heavy (non-hydrogen) atoms. The van der Waals surface area contributed by atoms with E-state index in [2.05, 4.69) is 10.5 Å². The Bertz CT molecular complexity index is 851. The summed E-state index contributed by atoms with van der Waals surface area (Å²) in [6, 6.07) is 19.1. The van der Waals surface area contributed by atoms with E-state index >= 15 is 0 Å². The van der Waals surface area contributed by atoms with E-state index in [0.29, 0.717) is 5.71 Å². The molecule has 0 bridgehead atoms. The van der Waals surface area contributed by atoms with Gasteiger partial charge in [-0.05, 0) is 5.41 Å². The van der Waals surface area contributed by atoms with Crippen LogP contribution >= 0.6 is 0 Å². The molecule has 6 nitrogen and oxygen atoms in total. The third-order valence-corrected chi connectivity index (χ3v) is 4.24. The smallest absolute Gasteiger partial charge is 0.264 e. The maximum absolute atomic E-state index is 12.3. The third kappa shape index (κ3) is 7.32. The van der Waals surface area contributed by atoms with Crippen molar-refractivity contribution < 1.29 is 17.4 Å². The minimum Gasteiger partial charge on any atom is -0.273 e. The Morgan fingerprint density at radius 2 is 1.48 bits per heavy atom. The molecule has 0 aliphatic heterocycles. The standard InChI is InChI=1S/C20H24N2O4S/c1-20(2,15-26-27(3,24)25)14-18(23)21-22-19(16-10-6-4-7-11-16)17-12-8-5-9-13-17/h4-13H,14-15H2,1-3H3,(H,21,23). The highest BCUT2D eigenvalue weighted by Crippen LogP contribution is 2.21. The molecule has 0 aromatic heterocycles. The van der Waals surface area contributed by atoms with Crippen LogP contribution in [-0.4, -0.2) is 32.9 Å². The summed E-state index contributed by atoms with van der Waals surface area (Å²) < 4.78 is 27.1. The third-order valence-electron chi connectivity index (χ3n) is 3.69. The van der Waals surface area contributed by atoms with E-state index in [1.807, 2.05) is 60.7 Å². The van der Waals surface area contributed by atoms with Crippen LogP contribution in [0.1, 0.15) is 31.4 Å². The summed E-state index contributed by atoms with van der Waals surface area (Å²) in [4.78, 5) is 12.3. The van der Waals surface area contributed by atoms with Crippen molar-refractivity contribution >= 4 is 21.7 Å². The summed E-state index contributed by atoms with van der Waals surface area (Å²) in [5.74, 6) is -0.318. The number of hydrogen-bond acceptors (Lipinski definition) is 5. The van der Waals surface area contributed by atoms with Crippen molar-refractivity contribution in [2.45, 2.75) is 20.3 Å². The zero-order chi connectivity index (χ0) is 19.9. The van der Waals surface area contributed by atoms with E-state index in [9.17, 15) is 13.2 Å². The first-order valence-corrected chi connectivity index (χ1v) is 10.3. The van der Waals surface area contributed by atoms with Crippen molar-refractivity contribution in [3.8, 4) is 0 Å². The number of rotatable bonds is 8. The zero-order valence-electron chi connectivity index (χ0n) is 15.7. The van der Waals surface area contributed by atoms with Gasteiger partial charge in [-0.25, -0.2) is 5.43 Å². The van der Waals surface area contributed by atoms with Gasteiger partial charge in [-0.2, -0.15) is 13.5 Å². The lowest BCUT2D eigenvalue weighted by Gasteiger charge is -2.22. The molecule has 0 aliphatic rings. The second kappa shape index (κ2) is 8.92. The number of nitrogens with zero attached hydrogens (tertiary/aromatic N) is 1. The Kier molecular flexibility index (Phi) is 6.87. The van der Waals surface area contributed by atoms with Crippen molar-refractivity contribution in [3.63, 3.8) is 0 Å². The maximum Gasteiger partial charge on any atom is 0.264 e. The molecular weight excluding hydrogens is 364 g/mol. The number of nitrogens with one attached hydrogen (secondary N) is 1. The molecule has 0 spiro atoms. The molecule has 0 radical (unpaired) electrons. The topological polar surface area (TPSA) is 84.8 Å². The first-order chi connectivity index (χ1) is 12.7. The molecular formula is C20H24N2O4S. The Morgan fingerprint density at radius 3 is 1.93 bits per heavy atom. The summed E-state index contributed by atoms with van der Waals surface area (Å²) in [6.07, 6.45) is 1.06. The van der Waals surface area contributed by atoms with Crippen molar-refractivity contribution in [1.82, 2.24) is 5.43 Å². The molecule has 0 saturated heterocycles. The lowest BCUT2D eigenvalue weighted by Crippen LogP contribution is -2.30. The molecule has 2 aromatic rings. The Morgan fingerprint density at radius 1 is 1.00 bits per heavy atom. The average molecular weight is 388 g/mol. The highest BCUT2D eigenvalue weighted by molar-refractivity contribution is 7.85. The highest BCUT2D eigenvalue weighted by Gasteiger charge is 2.24. The largest absolute Gasteiger partial charge is 0.273 e. The van der Waals surface area contributed by atoms with Crippen molar-refractivity contribution in [1.29, 1.82) is 0 Å². The quantitative estimate of drug-likeness (QED) is 0.428. The number of carbonyl (C=O) groups is 1. The van der Waals surface area contributed by atoms with Gasteiger partial charge in [0.05, 0.1) is 18.6 Å². The van der Waals surface area contributed by atoms with Crippen LogP contribution in [0.5, 0.6) is 0 Å². The molecule has 0 heterocycles. The molecule has 144 valence electrons. The zero-order valence-corrected chi connectivity index (χ0v) is 16.5. The molecule has 0 saturated carbocycles. The second-order valence-corrected chi connectivity index (χ2v) is 8.68. The van der Waals surface area contributed by atoms with Crippen LogP contribution in [0, 0.1) is 5.41 Å². The number of hydrogen-bond donors (Lipinski definition) is 1. The summed E-state index contributed by atoms with van der Waals surface area (Å²) in [5, 5.41) is 4.32. The van der Waals surface area contributed by atoms with Gasteiger partial charge in [0, 0.05) is 17.5 Å². The fraction of sp³-hybridized carbons (Fsp3) is 0.300. The Labute approximate surface area is 160 Å². The number of carbonyl (C=O) groups excluding carboxylic acids is 1. The molecule has 0 atom stereocenters. The molecule has 0 fully saturated rings. The molecule has 0 unspecified atom stereocenters. The predicted molar refractivity (Wildman–Crippen MR) is 106 cm³/mol. The first kappa shape index (κ1) is 20.8. The van der Waals surface area contributed by atoms with Gasteiger partial charge in [-0.3, -0.25) is 8.98 Å². The summed E-state index contributed by atoms with van der Waals surface area (Å²) >= 11 is 0. The van der Waals surface area contributed by atoms with E-state index in [1.54, 1.807) is 13.8 Å². The summed E-state index contributed by atoms with van der Waals surface area (Å²) in [7, 11) is -3.55. The summed E-state index contributed by atoms with van der Waals surface area (Å²) in [5.41, 5.74) is 4.33. The van der Waals surface area contributed by atoms with E-state index < -0.39 is 15.5 Å². The lowest BCUT2D eigenvalue weighted by atomic mass is 9.90. The minimum absolute atomic E-state index is 0.0723. The van der Waals surface area contributed by atoms with Gasteiger partial charge in [0.15, 0.2) is 0 Å². The van der Waals surface area contributed by atoms with E-state index in [0.717, 1.165) is 17.4 Å². The van der Waals surface area contributed by atoms with E-state index in [-0.39, 0.29) is 18.9 Å². The van der Waals surface area contributed by atoms with Crippen molar-refractivity contribution in [2.75, 3.05) is 12.9 Å². The van der Waals surface area contributed by atoms with Crippen LogP contribution < -0.4 is 5.43 Å². The van der Waals surface area contributed by atoms with Crippen LogP contribution in [0.15, 0.2) is 65.8 Å². The van der Waals surface area contributed by atoms with Crippen molar-refractivity contribution in [3.05, 3.63) is 71.8 Å². The highest BCUT2D eigenvalue weighted by atomic mass is 32.2. The molecule has 0 aliphatic carbocycles.